The lowest BCUT2D eigenvalue weighted by Gasteiger charge is -2.30. The first-order chi connectivity index (χ1) is 11.8. The first-order valence-corrected chi connectivity index (χ1v) is 8.67. The maximum absolute atomic E-state index is 12.0. The zero-order chi connectivity index (χ0) is 16.6. The van der Waals surface area contributed by atoms with E-state index in [0.717, 1.165) is 25.1 Å². The van der Waals surface area contributed by atoms with Gasteiger partial charge in [0.2, 0.25) is 0 Å². The molecule has 2 atom stereocenters. The predicted octanol–water partition coefficient (Wildman–Crippen LogP) is 3.42. The zero-order valence-electron chi connectivity index (χ0n) is 13.9. The minimum Gasteiger partial charge on any atom is -0.336 e. The molecule has 0 spiro atoms. The molecule has 24 heavy (non-hydrogen) atoms. The number of para-hydroxylation sites is 1. The Bertz CT molecular complexity index is 630. The number of rotatable bonds is 5. The SMILES string of the molecule is O=C(NC[C@H]1C[C@@H](Cc2ccccc2)CCN1)Nc1ccccc1. The van der Waals surface area contributed by atoms with Crippen LogP contribution in [0, 0.1) is 5.92 Å². The molecule has 1 saturated heterocycles. The molecule has 0 saturated carbocycles. The van der Waals surface area contributed by atoms with E-state index in [9.17, 15) is 4.79 Å². The maximum atomic E-state index is 12.0. The van der Waals surface area contributed by atoms with Crippen LogP contribution in [-0.2, 0) is 6.42 Å². The van der Waals surface area contributed by atoms with E-state index >= 15 is 0 Å². The second-order valence-electron chi connectivity index (χ2n) is 6.43. The van der Waals surface area contributed by atoms with Crippen molar-refractivity contribution in [3.8, 4) is 0 Å². The summed E-state index contributed by atoms with van der Waals surface area (Å²) in [5, 5.41) is 9.34. The first-order valence-electron chi connectivity index (χ1n) is 8.67. The summed E-state index contributed by atoms with van der Waals surface area (Å²) in [5.74, 6) is 0.678. The molecule has 3 rings (SSSR count). The van der Waals surface area contributed by atoms with Crippen LogP contribution < -0.4 is 16.0 Å². The lowest BCUT2D eigenvalue weighted by atomic mass is 9.87. The number of hydrogen-bond acceptors (Lipinski definition) is 2. The third-order valence-corrected chi connectivity index (χ3v) is 4.51. The molecule has 0 radical (unpaired) electrons. The number of amides is 2. The number of nitrogens with one attached hydrogen (secondary N) is 3. The number of piperidine rings is 1. The molecule has 1 heterocycles. The lowest BCUT2D eigenvalue weighted by Crippen LogP contribution is -2.47. The molecule has 0 aliphatic carbocycles. The van der Waals surface area contributed by atoms with E-state index in [2.05, 4.69) is 46.3 Å². The van der Waals surface area contributed by atoms with Crippen LogP contribution in [0.5, 0.6) is 0 Å². The minimum atomic E-state index is -0.145. The summed E-state index contributed by atoms with van der Waals surface area (Å²) in [7, 11) is 0. The van der Waals surface area contributed by atoms with Gasteiger partial charge in [0.1, 0.15) is 0 Å². The molecule has 4 heteroatoms. The highest BCUT2D eigenvalue weighted by molar-refractivity contribution is 5.89. The molecule has 1 fully saturated rings. The highest BCUT2D eigenvalue weighted by Gasteiger charge is 2.22. The van der Waals surface area contributed by atoms with Gasteiger partial charge in [-0.3, -0.25) is 0 Å². The Hall–Kier alpha value is -2.33. The van der Waals surface area contributed by atoms with Crippen LogP contribution in [0.3, 0.4) is 0 Å². The van der Waals surface area contributed by atoms with E-state index in [1.54, 1.807) is 0 Å². The topological polar surface area (TPSA) is 53.2 Å². The van der Waals surface area contributed by atoms with Gasteiger partial charge in [-0.15, -0.1) is 0 Å². The molecule has 1 aliphatic rings. The first kappa shape index (κ1) is 16.5. The van der Waals surface area contributed by atoms with E-state index in [0.29, 0.717) is 18.5 Å². The smallest absolute Gasteiger partial charge is 0.319 e. The average Bonchev–Trinajstić information content (AvgIpc) is 2.62. The van der Waals surface area contributed by atoms with Crippen molar-refractivity contribution in [2.75, 3.05) is 18.4 Å². The van der Waals surface area contributed by atoms with Crippen molar-refractivity contribution in [3.63, 3.8) is 0 Å². The number of benzene rings is 2. The Morgan fingerprint density at radius 3 is 2.50 bits per heavy atom. The van der Waals surface area contributed by atoms with Crippen molar-refractivity contribution in [3.05, 3.63) is 66.2 Å². The molecule has 2 amide bonds. The summed E-state index contributed by atoms with van der Waals surface area (Å²) in [5.41, 5.74) is 2.21. The van der Waals surface area contributed by atoms with Crippen molar-refractivity contribution in [1.29, 1.82) is 0 Å². The van der Waals surface area contributed by atoms with Crippen molar-refractivity contribution in [1.82, 2.24) is 10.6 Å². The van der Waals surface area contributed by atoms with Crippen LogP contribution in [0.2, 0.25) is 0 Å². The normalized spacial score (nSPS) is 20.3. The second kappa shape index (κ2) is 8.50. The van der Waals surface area contributed by atoms with Crippen LogP contribution >= 0.6 is 0 Å². The molecular formula is C20H25N3O. The van der Waals surface area contributed by atoms with E-state index in [1.807, 2.05) is 30.3 Å². The van der Waals surface area contributed by atoms with Gasteiger partial charge < -0.3 is 16.0 Å². The van der Waals surface area contributed by atoms with Gasteiger partial charge in [0.15, 0.2) is 0 Å². The van der Waals surface area contributed by atoms with E-state index in [1.165, 1.54) is 12.0 Å². The molecule has 0 aromatic heterocycles. The van der Waals surface area contributed by atoms with E-state index in [-0.39, 0.29) is 6.03 Å². The monoisotopic (exact) mass is 323 g/mol. The van der Waals surface area contributed by atoms with Gasteiger partial charge >= 0.3 is 6.03 Å². The summed E-state index contributed by atoms with van der Waals surface area (Å²) in [6.45, 7) is 1.67. The Morgan fingerprint density at radius 2 is 1.75 bits per heavy atom. The molecule has 3 N–H and O–H groups in total. The van der Waals surface area contributed by atoms with Crippen molar-refractivity contribution in [2.45, 2.75) is 25.3 Å². The van der Waals surface area contributed by atoms with Crippen LogP contribution in [-0.4, -0.2) is 25.2 Å². The third kappa shape index (κ3) is 5.10. The number of hydrogen-bond donors (Lipinski definition) is 3. The molecule has 1 aliphatic heterocycles. The standard InChI is InChI=1S/C20H25N3O/c24-20(23-18-9-5-2-6-10-18)22-15-19-14-17(11-12-21-19)13-16-7-3-1-4-8-16/h1-10,17,19,21H,11-15H2,(H2,22,23,24)/t17-,19-/m1/s1. The lowest BCUT2D eigenvalue weighted by molar-refractivity contribution is 0.246. The molecule has 2 aromatic carbocycles. The van der Waals surface area contributed by atoms with Crippen molar-refractivity contribution < 1.29 is 4.79 Å². The third-order valence-electron chi connectivity index (χ3n) is 4.51. The predicted molar refractivity (Wildman–Crippen MR) is 98.1 cm³/mol. The summed E-state index contributed by atoms with van der Waals surface area (Å²) in [6.07, 6.45) is 3.41. The van der Waals surface area contributed by atoms with Gasteiger partial charge in [0.05, 0.1) is 0 Å². The molecule has 126 valence electrons. The average molecular weight is 323 g/mol. The summed E-state index contributed by atoms with van der Waals surface area (Å²) in [4.78, 5) is 12.0. The number of urea groups is 1. The summed E-state index contributed by atoms with van der Waals surface area (Å²) in [6, 6.07) is 20.4. The quantitative estimate of drug-likeness (QED) is 0.790. The number of anilines is 1. The van der Waals surface area contributed by atoms with Gasteiger partial charge in [0.25, 0.3) is 0 Å². The van der Waals surface area contributed by atoms with Crippen molar-refractivity contribution >= 4 is 11.7 Å². The Balaban J connectivity index is 1.43. The maximum Gasteiger partial charge on any atom is 0.319 e. The van der Waals surface area contributed by atoms with Crippen LogP contribution in [0.1, 0.15) is 18.4 Å². The van der Waals surface area contributed by atoms with Crippen LogP contribution in [0.25, 0.3) is 0 Å². The highest BCUT2D eigenvalue weighted by atomic mass is 16.2. The zero-order valence-corrected chi connectivity index (χ0v) is 13.9. The fourth-order valence-electron chi connectivity index (χ4n) is 3.30. The number of carbonyl (C=O) groups excluding carboxylic acids is 1. The van der Waals surface area contributed by atoms with E-state index in [4.69, 9.17) is 0 Å². The Labute approximate surface area is 143 Å². The molecule has 0 bridgehead atoms. The molecule has 0 unspecified atom stereocenters. The largest absolute Gasteiger partial charge is 0.336 e. The fourth-order valence-corrected chi connectivity index (χ4v) is 3.30. The Morgan fingerprint density at radius 1 is 1.04 bits per heavy atom. The molecule has 4 nitrogen and oxygen atoms in total. The van der Waals surface area contributed by atoms with Gasteiger partial charge in [0, 0.05) is 18.3 Å². The second-order valence-corrected chi connectivity index (χ2v) is 6.43. The molecule has 2 aromatic rings. The van der Waals surface area contributed by atoms with Gasteiger partial charge in [-0.25, -0.2) is 4.79 Å². The summed E-state index contributed by atoms with van der Waals surface area (Å²) < 4.78 is 0. The van der Waals surface area contributed by atoms with Gasteiger partial charge in [-0.05, 0) is 49.4 Å². The van der Waals surface area contributed by atoms with Gasteiger partial charge in [-0.1, -0.05) is 48.5 Å². The van der Waals surface area contributed by atoms with Crippen LogP contribution in [0.4, 0.5) is 10.5 Å². The summed E-state index contributed by atoms with van der Waals surface area (Å²) >= 11 is 0. The highest BCUT2D eigenvalue weighted by Crippen LogP contribution is 2.20. The fraction of sp³-hybridized carbons (Fsp3) is 0.350. The molecular weight excluding hydrogens is 298 g/mol. The van der Waals surface area contributed by atoms with Crippen LogP contribution in [0.15, 0.2) is 60.7 Å². The minimum absolute atomic E-state index is 0.145. The Kier molecular flexibility index (Phi) is 5.85. The number of carbonyl (C=O) groups is 1. The van der Waals surface area contributed by atoms with Gasteiger partial charge in [-0.2, -0.15) is 0 Å². The van der Waals surface area contributed by atoms with Crippen molar-refractivity contribution in [2.24, 2.45) is 5.92 Å². The van der Waals surface area contributed by atoms with E-state index < -0.39 is 0 Å².